The van der Waals surface area contributed by atoms with Crippen LogP contribution in [0, 0.1) is 17.8 Å². The number of pyridine rings is 1. The first-order valence-electron chi connectivity index (χ1n) is 6.84. The van der Waals surface area contributed by atoms with Crippen LogP contribution in [0.25, 0.3) is 0 Å². The number of hydrogen-bond donors (Lipinski definition) is 2. The monoisotopic (exact) mass is 394 g/mol. The van der Waals surface area contributed by atoms with E-state index in [2.05, 4.69) is 25.6 Å². The molecular formula is C13H16BrClN2O3S. The van der Waals surface area contributed by atoms with E-state index in [1.54, 1.807) is 0 Å². The second-order valence-electron chi connectivity index (χ2n) is 5.84. The molecule has 0 bridgehead atoms. The van der Waals surface area contributed by atoms with Crippen molar-refractivity contribution in [3.05, 3.63) is 21.9 Å². The molecule has 116 valence electrons. The van der Waals surface area contributed by atoms with Crippen LogP contribution in [0.2, 0.25) is 5.02 Å². The standard InChI is InChI=1S/C13H16BrClN2O3S/c14-10-4-16-5-12(13(10)15)21(19,20)17-11-3-8-1-7(6-18)2-9(8)11/h4-5,7-9,11,17-18H,1-3,6H2/t7?,8-,9-,11+/m1/s1. The van der Waals surface area contributed by atoms with Gasteiger partial charge in [0.15, 0.2) is 0 Å². The van der Waals surface area contributed by atoms with E-state index in [1.807, 2.05) is 0 Å². The van der Waals surface area contributed by atoms with Gasteiger partial charge in [-0.2, -0.15) is 0 Å². The summed E-state index contributed by atoms with van der Waals surface area (Å²) in [7, 11) is -3.67. The van der Waals surface area contributed by atoms with Gasteiger partial charge < -0.3 is 5.11 Å². The maximum atomic E-state index is 12.4. The van der Waals surface area contributed by atoms with Gasteiger partial charge >= 0.3 is 0 Å². The van der Waals surface area contributed by atoms with Crippen molar-refractivity contribution >= 4 is 37.6 Å². The lowest BCUT2D eigenvalue weighted by Crippen LogP contribution is -2.50. The number of halogens is 2. The zero-order valence-electron chi connectivity index (χ0n) is 11.2. The molecule has 0 saturated heterocycles. The highest BCUT2D eigenvalue weighted by Crippen LogP contribution is 2.50. The molecule has 2 aliphatic rings. The minimum absolute atomic E-state index is 0.00121. The molecule has 1 unspecified atom stereocenters. The van der Waals surface area contributed by atoms with E-state index in [4.69, 9.17) is 11.6 Å². The summed E-state index contributed by atoms with van der Waals surface area (Å²) in [5.74, 6) is 1.17. The average Bonchev–Trinajstić information content (AvgIpc) is 2.76. The van der Waals surface area contributed by atoms with E-state index in [1.165, 1.54) is 12.4 Å². The second kappa shape index (κ2) is 5.77. The summed E-state index contributed by atoms with van der Waals surface area (Å²) in [6, 6.07) is -0.0633. The van der Waals surface area contributed by atoms with Gasteiger partial charge in [0.25, 0.3) is 0 Å². The van der Waals surface area contributed by atoms with Gasteiger partial charge in [-0.3, -0.25) is 4.98 Å². The molecule has 1 aromatic heterocycles. The van der Waals surface area contributed by atoms with Crippen LogP contribution in [-0.2, 0) is 10.0 Å². The van der Waals surface area contributed by atoms with Crippen molar-refractivity contribution in [3.8, 4) is 0 Å². The predicted octanol–water partition coefficient (Wildman–Crippen LogP) is 2.18. The Morgan fingerprint density at radius 1 is 1.38 bits per heavy atom. The van der Waals surface area contributed by atoms with E-state index in [0.717, 1.165) is 19.3 Å². The van der Waals surface area contributed by atoms with Crippen molar-refractivity contribution in [1.29, 1.82) is 0 Å². The minimum atomic E-state index is -3.67. The molecule has 2 saturated carbocycles. The molecule has 0 amide bonds. The number of fused-ring (bicyclic) bond motifs is 1. The zero-order valence-corrected chi connectivity index (χ0v) is 14.3. The van der Waals surface area contributed by atoms with E-state index in [9.17, 15) is 13.5 Å². The molecule has 0 spiro atoms. The quantitative estimate of drug-likeness (QED) is 0.819. The maximum absolute atomic E-state index is 12.4. The van der Waals surface area contributed by atoms with E-state index >= 15 is 0 Å². The van der Waals surface area contributed by atoms with Crippen molar-refractivity contribution in [2.45, 2.75) is 30.2 Å². The molecule has 0 aromatic carbocycles. The molecule has 8 heteroatoms. The number of aliphatic hydroxyl groups is 1. The lowest BCUT2D eigenvalue weighted by atomic mass is 9.72. The van der Waals surface area contributed by atoms with Crippen LogP contribution < -0.4 is 4.72 Å². The van der Waals surface area contributed by atoms with E-state index < -0.39 is 10.0 Å². The topological polar surface area (TPSA) is 79.3 Å². The molecule has 1 aromatic rings. The van der Waals surface area contributed by atoms with Crippen LogP contribution >= 0.6 is 27.5 Å². The lowest BCUT2D eigenvalue weighted by molar-refractivity contribution is 0.158. The fourth-order valence-corrected chi connectivity index (χ4v) is 5.69. The summed E-state index contributed by atoms with van der Waals surface area (Å²) in [6.45, 7) is 0.188. The molecule has 0 radical (unpaired) electrons. The third-order valence-electron chi connectivity index (χ3n) is 4.58. The van der Waals surface area contributed by atoms with Gasteiger partial charge in [-0.25, -0.2) is 13.1 Å². The number of aliphatic hydroxyl groups excluding tert-OH is 1. The highest BCUT2D eigenvalue weighted by molar-refractivity contribution is 9.10. The lowest BCUT2D eigenvalue weighted by Gasteiger charge is -2.40. The van der Waals surface area contributed by atoms with Crippen molar-refractivity contribution in [2.75, 3.05) is 6.61 Å². The van der Waals surface area contributed by atoms with Gasteiger partial charge in [0.05, 0.1) is 9.50 Å². The first-order valence-corrected chi connectivity index (χ1v) is 9.50. The normalized spacial score (nSPS) is 31.8. The highest BCUT2D eigenvalue weighted by Gasteiger charge is 2.48. The van der Waals surface area contributed by atoms with Crippen LogP contribution in [-0.4, -0.2) is 31.2 Å². The smallest absolute Gasteiger partial charge is 0.243 e. The molecule has 1 heterocycles. The molecule has 21 heavy (non-hydrogen) atoms. The third kappa shape index (κ3) is 2.86. The second-order valence-corrected chi connectivity index (χ2v) is 8.76. The Kier molecular flexibility index (Phi) is 4.31. The minimum Gasteiger partial charge on any atom is -0.396 e. The van der Waals surface area contributed by atoms with Gasteiger partial charge in [-0.05, 0) is 52.9 Å². The molecule has 2 aliphatic carbocycles. The summed E-state index contributed by atoms with van der Waals surface area (Å²) >= 11 is 9.22. The molecule has 0 aliphatic heterocycles. The van der Waals surface area contributed by atoms with Crippen LogP contribution in [0.4, 0.5) is 0 Å². The fourth-order valence-electron chi connectivity index (χ4n) is 3.48. The summed E-state index contributed by atoms with van der Waals surface area (Å²) < 4.78 is 28.1. The maximum Gasteiger partial charge on any atom is 0.243 e. The summed E-state index contributed by atoms with van der Waals surface area (Å²) in [4.78, 5) is 3.87. The first kappa shape index (κ1) is 15.7. The number of nitrogens with one attached hydrogen (secondary N) is 1. The largest absolute Gasteiger partial charge is 0.396 e. The van der Waals surface area contributed by atoms with E-state index in [0.29, 0.717) is 22.2 Å². The summed E-state index contributed by atoms with van der Waals surface area (Å²) in [5, 5.41) is 9.37. The first-order chi connectivity index (χ1) is 9.92. The summed E-state index contributed by atoms with van der Waals surface area (Å²) in [6.07, 6.45) is 5.44. The highest BCUT2D eigenvalue weighted by atomic mass is 79.9. The zero-order chi connectivity index (χ0) is 15.2. The van der Waals surface area contributed by atoms with Crippen molar-refractivity contribution in [1.82, 2.24) is 9.71 Å². The number of aromatic nitrogens is 1. The van der Waals surface area contributed by atoms with Crippen LogP contribution in [0.3, 0.4) is 0 Å². The van der Waals surface area contributed by atoms with Gasteiger partial charge in [0.2, 0.25) is 10.0 Å². The number of rotatable bonds is 4. The van der Waals surface area contributed by atoms with Crippen LogP contribution in [0.1, 0.15) is 19.3 Å². The third-order valence-corrected chi connectivity index (χ3v) is 7.43. The number of sulfonamides is 1. The van der Waals surface area contributed by atoms with Crippen molar-refractivity contribution < 1.29 is 13.5 Å². The molecular weight excluding hydrogens is 380 g/mol. The van der Waals surface area contributed by atoms with Crippen molar-refractivity contribution in [2.24, 2.45) is 17.8 Å². The van der Waals surface area contributed by atoms with Gasteiger partial charge in [0.1, 0.15) is 4.90 Å². The van der Waals surface area contributed by atoms with Gasteiger partial charge in [-0.1, -0.05) is 11.6 Å². The van der Waals surface area contributed by atoms with Crippen LogP contribution in [0.5, 0.6) is 0 Å². The SMILES string of the molecule is O=S(=O)(N[C@H]1C[C@H]2CC(CO)C[C@H]21)c1cncc(Br)c1Cl. The molecule has 3 rings (SSSR count). The van der Waals surface area contributed by atoms with Crippen molar-refractivity contribution in [3.63, 3.8) is 0 Å². The van der Waals surface area contributed by atoms with Gasteiger partial charge in [-0.15, -0.1) is 0 Å². The molecule has 2 N–H and O–H groups in total. The Morgan fingerprint density at radius 3 is 2.86 bits per heavy atom. The fraction of sp³-hybridized carbons (Fsp3) is 0.615. The Hall–Kier alpha value is -0.210. The predicted molar refractivity (Wildman–Crippen MR) is 82.5 cm³/mol. The van der Waals surface area contributed by atoms with E-state index in [-0.39, 0.29) is 22.6 Å². The summed E-state index contributed by atoms with van der Waals surface area (Å²) in [5.41, 5.74) is 0. The Bertz CT molecular complexity index is 655. The number of nitrogens with zero attached hydrogens (tertiary/aromatic N) is 1. The Labute approximate surface area is 137 Å². The molecule has 5 nitrogen and oxygen atoms in total. The van der Waals surface area contributed by atoms with Crippen LogP contribution in [0.15, 0.2) is 21.8 Å². The number of hydrogen-bond acceptors (Lipinski definition) is 4. The Morgan fingerprint density at radius 2 is 2.14 bits per heavy atom. The average molecular weight is 396 g/mol. The van der Waals surface area contributed by atoms with Gasteiger partial charge in [0, 0.05) is 25.0 Å². The molecule has 2 fully saturated rings. The molecule has 4 atom stereocenters. The Balaban J connectivity index is 1.75.